The molecule has 0 aromatic heterocycles. The number of benzene rings is 1. The fourth-order valence-electron chi connectivity index (χ4n) is 1.57. The van der Waals surface area contributed by atoms with Crippen LogP contribution in [0.25, 0.3) is 0 Å². The SMILES string of the molecule is CCOC(=O)C(F)(F)[C@@H](N)c1cc(OC)cc(OC)c1.Cl. The number of alkyl halides is 2. The average molecular weight is 326 g/mol. The third-order valence-corrected chi connectivity index (χ3v) is 2.67. The van der Waals surface area contributed by atoms with Crippen molar-refractivity contribution in [2.24, 2.45) is 5.73 Å². The molecule has 0 unspecified atom stereocenters. The quantitative estimate of drug-likeness (QED) is 0.813. The van der Waals surface area contributed by atoms with Crippen LogP contribution in [0.4, 0.5) is 8.78 Å². The number of carbonyl (C=O) groups excluding carboxylic acids is 1. The lowest BCUT2D eigenvalue weighted by atomic mass is 10.0. The van der Waals surface area contributed by atoms with Crippen LogP contribution >= 0.6 is 12.4 Å². The van der Waals surface area contributed by atoms with Crippen molar-refractivity contribution in [3.63, 3.8) is 0 Å². The molecule has 21 heavy (non-hydrogen) atoms. The van der Waals surface area contributed by atoms with E-state index in [0.717, 1.165) is 0 Å². The van der Waals surface area contributed by atoms with Gasteiger partial charge in [0.25, 0.3) is 0 Å². The van der Waals surface area contributed by atoms with Gasteiger partial charge >= 0.3 is 11.9 Å². The summed E-state index contributed by atoms with van der Waals surface area (Å²) in [6, 6.07) is 2.30. The van der Waals surface area contributed by atoms with E-state index in [1.165, 1.54) is 39.3 Å². The minimum Gasteiger partial charge on any atom is -0.497 e. The van der Waals surface area contributed by atoms with E-state index < -0.39 is 17.9 Å². The van der Waals surface area contributed by atoms with Gasteiger partial charge in [-0.15, -0.1) is 12.4 Å². The predicted octanol–water partition coefficient (Wildman–Crippen LogP) is 2.32. The number of carbonyl (C=O) groups is 1. The molecule has 1 aromatic carbocycles. The predicted molar refractivity (Wildman–Crippen MR) is 75.3 cm³/mol. The second kappa shape index (κ2) is 7.99. The van der Waals surface area contributed by atoms with Gasteiger partial charge < -0.3 is 19.9 Å². The minimum absolute atomic E-state index is 0. The van der Waals surface area contributed by atoms with E-state index in [1.807, 2.05) is 0 Å². The Bertz CT molecular complexity index is 463. The van der Waals surface area contributed by atoms with Gasteiger partial charge in [0.1, 0.15) is 17.5 Å². The lowest BCUT2D eigenvalue weighted by Gasteiger charge is -2.22. The van der Waals surface area contributed by atoms with Crippen LogP contribution in [0.2, 0.25) is 0 Å². The molecule has 5 nitrogen and oxygen atoms in total. The molecule has 120 valence electrons. The van der Waals surface area contributed by atoms with Crippen LogP contribution in [-0.2, 0) is 9.53 Å². The highest BCUT2D eigenvalue weighted by Gasteiger charge is 2.48. The number of halogens is 3. The van der Waals surface area contributed by atoms with Crippen LogP contribution in [0.1, 0.15) is 18.5 Å². The summed E-state index contributed by atoms with van der Waals surface area (Å²) in [7, 11) is 2.77. The van der Waals surface area contributed by atoms with Crippen molar-refractivity contribution < 1.29 is 27.8 Å². The summed E-state index contributed by atoms with van der Waals surface area (Å²) < 4.78 is 42.0. The number of esters is 1. The van der Waals surface area contributed by atoms with Gasteiger partial charge in [-0.3, -0.25) is 0 Å². The second-order valence-corrected chi connectivity index (χ2v) is 3.97. The van der Waals surface area contributed by atoms with Crippen LogP contribution in [0.3, 0.4) is 0 Å². The van der Waals surface area contributed by atoms with Gasteiger partial charge in [-0.2, -0.15) is 8.78 Å². The summed E-state index contributed by atoms with van der Waals surface area (Å²) in [5.74, 6) is -4.90. The Morgan fingerprint density at radius 1 is 1.24 bits per heavy atom. The molecule has 0 aliphatic heterocycles. The standard InChI is InChI=1S/C13H17F2NO4.ClH/c1-4-20-12(17)13(14,15)11(16)8-5-9(18-2)7-10(6-8)19-3;/h5-7,11H,4,16H2,1-3H3;1H/t11-;/m0./s1. The zero-order chi connectivity index (χ0) is 15.3. The second-order valence-electron chi connectivity index (χ2n) is 3.97. The topological polar surface area (TPSA) is 70.8 Å². The molecule has 1 atom stereocenters. The summed E-state index contributed by atoms with van der Waals surface area (Å²) in [5, 5.41) is 0. The van der Waals surface area contributed by atoms with Crippen LogP contribution in [0.5, 0.6) is 11.5 Å². The first kappa shape index (κ1) is 19.4. The van der Waals surface area contributed by atoms with Crippen LogP contribution < -0.4 is 15.2 Å². The van der Waals surface area contributed by atoms with Gasteiger partial charge in [0.2, 0.25) is 0 Å². The van der Waals surface area contributed by atoms with Crippen molar-refractivity contribution in [1.29, 1.82) is 0 Å². The molecule has 0 amide bonds. The molecule has 0 spiro atoms. The maximum Gasteiger partial charge on any atom is 0.379 e. The molecule has 0 aliphatic carbocycles. The summed E-state index contributed by atoms with van der Waals surface area (Å²) in [4.78, 5) is 11.3. The normalized spacial score (nSPS) is 12.1. The lowest BCUT2D eigenvalue weighted by molar-refractivity contribution is -0.174. The Morgan fingerprint density at radius 3 is 2.10 bits per heavy atom. The zero-order valence-electron chi connectivity index (χ0n) is 11.9. The first-order valence-electron chi connectivity index (χ1n) is 5.90. The fraction of sp³-hybridized carbons (Fsp3) is 0.462. The van der Waals surface area contributed by atoms with E-state index in [4.69, 9.17) is 15.2 Å². The zero-order valence-corrected chi connectivity index (χ0v) is 12.7. The van der Waals surface area contributed by atoms with Crippen molar-refractivity contribution in [2.75, 3.05) is 20.8 Å². The van der Waals surface area contributed by atoms with Crippen LogP contribution in [-0.4, -0.2) is 32.7 Å². The number of hydrogen-bond acceptors (Lipinski definition) is 5. The molecule has 0 saturated heterocycles. The summed E-state index contributed by atoms with van der Waals surface area (Å²) in [6.45, 7) is 1.29. The van der Waals surface area contributed by atoms with Gasteiger partial charge in [-0.25, -0.2) is 4.79 Å². The molecule has 1 aromatic rings. The first-order valence-corrected chi connectivity index (χ1v) is 5.90. The Hall–Kier alpha value is -1.60. The fourth-order valence-corrected chi connectivity index (χ4v) is 1.57. The van der Waals surface area contributed by atoms with Crippen molar-refractivity contribution in [1.82, 2.24) is 0 Å². The molecule has 1 rings (SSSR count). The molecule has 0 fully saturated rings. The Balaban J connectivity index is 0.00000400. The van der Waals surface area contributed by atoms with Gasteiger partial charge in [0.05, 0.1) is 20.8 Å². The van der Waals surface area contributed by atoms with Gasteiger partial charge in [-0.05, 0) is 24.6 Å². The van der Waals surface area contributed by atoms with Crippen LogP contribution in [0, 0.1) is 0 Å². The maximum absolute atomic E-state index is 13.9. The van der Waals surface area contributed by atoms with Crippen molar-refractivity contribution >= 4 is 18.4 Å². The van der Waals surface area contributed by atoms with E-state index >= 15 is 0 Å². The average Bonchev–Trinajstić information content (AvgIpc) is 2.45. The molecule has 0 aliphatic rings. The number of hydrogen-bond donors (Lipinski definition) is 1. The third-order valence-electron chi connectivity index (χ3n) is 2.67. The van der Waals surface area contributed by atoms with Crippen molar-refractivity contribution in [3.8, 4) is 11.5 Å². The van der Waals surface area contributed by atoms with Crippen molar-refractivity contribution in [3.05, 3.63) is 23.8 Å². The molecular formula is C13H18ClF2NO4. The first-order chi connectivity index (χ1) is 9.36. The van der Waals surface area contributed by atoms with Gasteiger partial charge in [0.15, 0.2) is 0 Å². The van der Waals surface area contributed by atoms with Crippen molar-refractivity contribution in [2.45, 2.75) is 18.9 Å². The van der Waals surface area contributed by atoms with Crippen LogP contribution in [0.15, 0.2) is 18.2 Å². The molecule has 0 bridgehead atoms. The molecule has 0 heterocycles. The molecule has 0 radical (unpaired) electrons. The highest BCUT2D eigenvalue weighted by atomic mass is 35.5. The number of rotatable bonds is 6. The molecule has 8 heteroatoms. The Morgan fingerprint density at radius 2 is 1.71 bits per heavy atom. The summed E-state index contributed by atoms with van der Waals surface area (Å²) in [6.07, 6.45) is 0. The number of nitrogens with two attached hydrogens (primary N) is 1. The highest BCUT2D eigenvalue weighted by Crippen LogP contribution is 2.34. The molecular weight excluding hydrogens is 308 g/mol. The van der Waals surface area contributed by atoms with E-state index in [9.17, 15) is 13.6 Å². The summed E-state index contributed by atoms with van der Waals surface area (Å²) >= 11 is 0. The molecule has 2 N–H and O–H groups in total. The Labute approximate surface area is 127 Å². The maximum atomic E-state index is 13.9. The summed E-state index contributed by atoms with van der Waals surface area (Å²) in [5.41, 5.74) is 5.50. The smallest absolute Gasteiger partial charge is 0.379 e. The number of methoxy groups -OCH3 is 2. The lowest BCUT2D eigenvalue weighted by Crippen LogP contribution is -2.41. The van der Waals surface area contributed by atoms with E-state index in [2.05, 4.69) is 4.74 Å². The third kappa shape index (κ3) is 4.44. The highest BCUT2D eigenvalue weighted by molar-refractivity contribution is 5.85. The van der Waals surface area contributed by atoms with Gasteiger partial charge in [-0.1, -0.05) is 0 Å². The van der Waals surface area contributed by atoms with E-state index in [0.29, 0.717) is 11.5 Å². The number of ether oxygens (including phenoxy) is 3. The van der Waals surface area contributed by atoms with E-state index in [-0.39, 0.29) is 24.6 Å². The largest absolute Gasteiger partial charge is 0.497 e. The molecule has 0 saturated carbocycles. The minimum atomic E-state index is -3.84. The van der Waals surface area contributed by atoms with E-state index in [1.54, 1.807) is 0 Å². The van der Waals surface area contributed by atoms with Gasteiger partial charge in [0, 0.05) is 6.07 Å². The monoisotopic (exact) mass is 325 g/mol. The Kier molecular flexibility index (Phi) is 7.38.